The maximum Gasteiger partial charge on any atom is 0.181 e. The number of fused-ring (bicyclic) bond motifs is 1. The van der Waals surface area contributed by atoms with Gasteiger partial charge in [-0.15, -0.1) is 0 Å². The first-order chi connectivity index (χ1) is 10.2. The van der Waals surface area contributed by atoms with Gasteiger partial charge in [0.05, 0.1) is 5.69 Å². The number of Topliss-reactive ketones (excluding diaryl/α,β-unsaturated/α-hetero) is 1. The van der Waals surface area contributed by atoms with Crippen molar-refractivity contribution in [2.75, 3.05) is 20.2 Å². The molecule has 1 atom stereocenters. The molecule has 0 fully saturated rings. The number of benzene rings is 1. The Morgan fingerprint density at radius 2 is 2.19 bits per heavy atom. The van der Waals surface area contributed by atoms with Crippen LogP contribution in [0.15, 0.2) is 24.3 Å². The minimum Gasteiger partial charge on any atom is -0.492 e. The van der Waals surface area contributed by atoms with Crippen molar-refractivity contribution in [1.29, 1.82) is 0 Å². The van der Waals surface area contributed by atoms with E-state index in [0.29, 0.717) is 12.3 Å². The van der Waals surface area contributed by atoms with Crippen molar-refractivity contribution < 1.29 is 9.53 Å². The molecule has 2 aromatic rings. The largest absolute Gasteiger partial charge is 0.492 e. The number of rotatable bonds is 8. The van der Waals surface area contributed by atoms with Gasteiger partial charge in [0.15, 0.2) is 5.78 Å². The van der Waals surface area contributed by atoms with E-state index in [2.05, 4.69) is 17.2 Å². The summed E-state index contributed by atoms with van der Waals surface area (Å²) in [5.41, 5.74) is 1.67. The summed E-state index contributed by atoms with van der Waals surface area (Å²) in [6, 6.07) is 7.79. The third-order valence-corrected chi connectivity index (χ3v) is 3.65. The number of hydrogen-bond acceptors (Lipinski definition) is 3. The molecule has 0 aliphatic rings. The van der Waals surface area contributed by atoms with Gasteiger partial charge >= 0.3 is 0 Å². The van der Waals surface area contributed by atoms with Crippen LogP contribution in [0, 0.1) is 5.92 Å². The molecule has 0 aliphatic heterocycles. The van der Waals surface area contributed by atoms with Crippen molar-refractivity contribution in [3.63, 3.8) is 0 Å². The topological polar surface area (TPSA) is 54.1 Å². The van der Waals surface area contributed by atoms with Crippen LogP contribution in [0.5, 0.6) is 5.75 Å². The summed E-state index contributed by atoms with van der Waals surface area (Å²) in [4.78, 5) is 15.5. The van der Waals surface area contributed by atoms with Gasteiger partial charge < -0.3 is 15.0 Å². The molecule has 0 saturated heterocycles. The average molecular weight is 288 g/mol. The monoisotopic (exact) mass is 288 g/mol. The third kappa shape index (κ3) is 3.85. The van der Waals surface area contributed by atoms with Crippen molar-refractivity contribution in [2.45, 2.75) is 26.7 Å². The summed E-state index contributed by atoms with van der Waals surface area (Å²) in [6.45, 7) is 5.53. The fourth-order valence-corrected chi connectivity index (χ4v) is 2.43. The van der Waals surface area contributed by atoms with E-state index in [1.807, 2.05) is 38.2 Å². The van der Waals surface area contributed by atoms with Gasteiger partial charge in [0, 0.05) is 23.4 Å². The lowest BCUT2D eigenvalue weighted by molar-refractivity contribution is 0.0919. The molecule has 21 heavy (non-hydrogen) atoms. The van der Waals surface area contributed by atoms with Gasteiger partial charge in [0.2, 0.25) is 0 Å². The van der Waals surface area contributed by atoms with Gasteiger partial charge in [-0.25, -0.2) is 0 Å². The van der Waals surface area contributed by atoms with Gasteiger partial charge in [-0.1, -0.05) is 20.3 Å². The highest BCUT2D eigenvalue weighted by Gasteiger charge is 2.16. The number of aromatic nitrogens is 1. The predicted octanol–water partition coefficient (Wildman–Crippen LogP) is 3.39. The number of H-pyrrole nitrogens is 1. The second-order valence-electron chi connectivity index (χ2n) is 5.44. The van der Waals surface area contributed by atoms with E-state index in [-0.39, 0.29) is 11.7 Å². The minimum absolute atomic E-state index is 0.0643. The lowest BCUT2D eigenvalue weighted by Gasteiger charge is -2.06. The van der Waals surface area contributed by atoms with Crippen LogP contribution in [0.3, 0.4) is 0 Å². The fourth-order valence-electron chi connectivity index (χ4n) is 2.43. The van der Waals surface area contributed by atoms with Crippen molar-refractivity contribution >= 4 is 16.7 Å². The lowest BCUT2D eigenvalue weighted by Crippen LogP contribution is -2.15. The van der Waals surface area contributed by atoms with Gasteiger partial charge in [-0.2, -0.15) is 0 Å². The molecular weight excluding hydrogens is 264 g/mol. The first-order valence-electron chi connectivity index (χ1n) is 7.60. The molecule has 1 heterocycles. The third-order valence-electron chi connectivity index (χ3n) is 3.65. The van der Waals surface area contributed by atoms with Crippen LogP contribution in [0.1, 0.15) is 37.2 Å². The van der Waals surface area contributed by atoms with Gasteiger partial charge in [-0.05, 0) is 37.7 Å². The Balaban J connectivity index is 2.15. The zero-order valence-electron chi connectivity index (χ0n) is 13.0. The number of ketones is 1. The highest BCUT2D eigenvalue weighted by molar-refractivity contribution is 6.00. The van der Waals surface area contributed by atoms with Crippen LogP contribution in [0.2, 0.25) is 0 Å². The summed E-state index contributed by atoms with van der Waals surface area (Å²) < 4.78 is 5.65. The van der Waals surface area contributed by atoms with Crippen LogP contribution >= 0.6 is 0 Å². The summed E-state index contributed by atoms with van der Waals surface area (Å²) in [5, 5.41) is 4.06. The second kappa shape index (κ2) is 7.27. The van der Waals surface area contributed by atoms with E-state index in [0.717, 1.165) is 36.0 Å². The number of carbonyl (C=O) groups excluding carboxylic acids is 1. The molecule has 4 heteroatoms. The van der Waals surface area contributed by atoms with E-state index in [1.165, 1.54) is 0 Å². The molecule has 0 spiro atoms. The van der Waals surface area contributed by atoms with Crippen LogP contribution in [-0.4, -0.2) is 31.0 Å². The second-order valence-corrected chi connectivity index (χ2v) is 5.44. The Labute approximate surface area is 125 Å². The Hall–Kier alpha value is -1.81. The molecule has 0 radical (unpaired) electrons. The number of carbonyl (C=O) groups is 1. The molecule has 0 saturated carbocycles. The Bertz CT molecular complexity index is 604. The van der Waals surface area contributed by atoms with Crippen molar-refractivity contribution in [2.24, 2.45) is 5.92 Å². The predicted molar refractivity (Wildman–Crippen MR) is 86.1 cm³/mol. The maximum atomic E-state index is 12.3. The van der Waals surface area contributed by atoms with Crippen LogP contribution in [-0.2, 0) is 0 Å². The number of nitrogens with one attached hydrogen (secondary N) is 2. The summed E-state index contributed by atoms with van der Waals surface area (Å²) in [5.74, 6) is 1.08. The average Bonchev–Trinajstić information content (AvgIpc) is 2.90. The summed E-state index contributed by atoms with van der Waals surface area (Å²) in [7, 11) is 1.90. The van der Waals surface area contributed by atoms with Crippen LogP contribution < -0.4 is 10.1 Å². The molecule has 1 unspecified atom stereocenters. The van der Waals surface area contributed by atoms with Gasteiger partial charge in [0.1, 0.15) is 12.4 Å². The summed E-state index contributed by atoms with van der Waals surface area (Å²) >= 11 is 0. The zero-order chi connectivity index (χ0) is 15.2. The molecule has 114 valence electrons. The molecule has 0 bridgehead atoms. The Morgan fingerprint density at radius 3 is 2.90 bits per heavy atom. The smallest absolute Gasteiger partial charge is 0.181 e. The van der Waals surface area contributed by atoms with Gasteiger partial charge in [-0.3, -0.25) is 4.79 Å². The minimum atomic E-state index is 0.0643. The molecule has 2 N–H and O–H groups in total. The van der Waals surface area contributed by atoms with Gasteiger partial charge in [0.25, 0.3) is 0 Å². The SMILES string of the molecule is CCCC(C)C(=O)c1cc2cc(OCCNC)ccc2[nH]1. The van der Waals surface area contributed by atoms with Crippen molar-refractivity contribution in [3.05, 3.63) is 30.0 Å². The molecule has 2 rings (SSSR count). The number of aromatic amines is 1. The zero-order valence-corrected chi connectivity index (χ0v) is 13.0. The Morgan fingerprint density at radius 1 is 1.38 bits per heavy atom. The van der Waals surface area contributed by atoms with E-state index in [1.54, 1.807) is 0 Å². The summed E-state index contributed by atoms with van der Waals surface area (Å²) in [6.07, 6.45) is 1.95. The van der Waals surface area contributed by atoms with E-state index in [9.17, 15) is 4.79 Å². The molecule has 0 aliphatic carbocycles. The first-order valence-corrected chi connectivity index (χ1v) is 7.60. The normalized spacial score (nSPS) is 12.5. The van der Waals surface area contributed by atoms with E-state index >= 15 is 0 Å². The van der Waals surface area contributed by atoms with E-state index in [4.69, 9.17) is 4.74 Å². The van der Waals surface area contributed by atoms with Crippen molar-refractivity contribution in [1.82, 2.24) is 10.3 Å². The molecule has 4 nitrogen and oxygen atoms in total. The molecular formula is C17H24N2O2. The van der Waals surface area contributed by atoms with E-state index < -0.39 is 0 Å². The highest BCUT2D eigenvalue weighted by atomic mass is 16.5. The highest BCUT2D eigenvalue weighted by Crippen LogP contribution is 2.23. The number of likely N-dealkylation sites (N-methyl/N-ethyl adjacent to an activating group) is 1. The number of hydrogen-bond donors (Lipinski definition) is 2. The van der Waals surface area contributed by atoms with Crippen LogP contribution in [0.4, 0.5) is 0 Å². The first kappa shape index (κ1) is 15.6. The maximum absolute atomic E-state index is 12.3. The molecule has 1 aromatic heterocycles. The fraction of sp³-hybridized carbons (Fsp3) is 0.471. The standard InChI is InChI=1S/C17H24N2O2/c1-4-5-12(2)17(20)16-11-13-10-14(21-9-8-18-3)6-7-15(13)19-16/h6-7,10-12,18-19H,4-5,8-9H2,1-3H3. The van der Waals surface area contributed by atoms with Crippen LogP contribution in [0.25, 0.3) is 10.9 Å². The number of ether oxygens (including phenoxy) is 1. The van der Waals surface area contributed by atoms with Crippen molar-refractivity contribution in [3.8, 4) is 5.75 Å². The molecule has 1 aromatic carbocycles. The molecule has 0 amide bonds. The Kier molecular flexibility index (Phi) is 5.39. The quantitative estimate of drug-likeness (QED) is 0.578. The lowest BCUT2D eigenvalue weighted by atomic mass is 9.99.